The monoisotopic (exact) mass is 319 g/mol. The molecule has 0 aliphatic rings. The third kappa shape index (κ3) is 5.98. The van der Waals surface area contributed by atoms with Gasteiger partial charge in [-0.3, -0.25) is 9.78 Å². The lowest BCUT2D eigenvalue weighted by Gasteiger charge is -2.16. The van der Waals surface area contributed by atoms with Crippen LogP contribution in [-0.4, -0.2) is 47.1 Å². The van der Waals surface area contributed by atoms with Crippen LogP contribution < -0.4 is 5.32 Å². The van der Waals surface area contributed by atoms with Crippen LogP contribution in [-0.2, 0) is 17.4 Å². The van der Waals surface area contributed by atoms with Crippen molar-refractivity contribution >= 4 is 12.0 Å². The number of alkyl halides is 3. The summed E-state index contributed by atoms with van der Waals surface area (Å²) in [6.07, 6.45) is -3.40. The number of carbonyl (C=O) groups excluding carboxylic acids is 1. The van der Waals surface area contributed by atoms with Crippen molar-refractivity contribution in [1.29, 1.82) is 0 Å². The van der Waals surface area contributed by atoms with Gasteiger partial charge in [0.05, 0.1) is 12.0 Å². The molecule has 0 aliphatic carbocycles. The van der Waals surface area contributed by atoms with Gasteiger partial charge in [-0.05, 0) is 12.1 Å². The van der Waals surface area contributed by atoms with Crippen LogP contribution in [0.4, 0.5) is 18.0 Å². The second-order valence-electron chi connectivity index (χ2n) is 4.58. The van der Waals surface area contributed by atoms with Crippen LogP contribution in [0.2, 0.25) is 0 Å². The van der Waals surface area contributed by atoms with E-state index in [2.05, 4.69) is 10.3 Å². The summed E-state index contributed by atoms with van der Waals surface area (Å²) in [5.41, 5.74) is -0.578. The normalized spacial score (nSPS) is 11.1. The van der Waals surface area contributed by atoms with Crippen molar-refractivity contribution in [3.63, 3.8) is 0 Å². The van der Waals surface area contributed by atoms with Crippen molar-refractivity contribution in [2.75, 3.05) is 20.1 Å². The van der Waals surface area contributed by atoms with Crippen molar-refractivity contribution in [2.45, 2.75) is 19.0 Å². The first-order chi connectivity index (χ1) is 10.2. The van der Waals surface area contributed by atoms with Gasteiger partial charge in [0, 0.05) is 38.4 Å². The van der Waals surface area contributed by atoms with E-state index in [-0.39, 0.29) is 31.6 Å². The second-order valence-corrected chi connectivity index (χ2v) is 4.58. The average molecular weight is 319 g/mol. The number of aliphatic carboxylic acids is 1. The molecule has 122 valence electrons. The van der Waals surface area contributed by atoms with Gasteiger partial charge in [0.25, 0.3) is 0 Å². The van der Waals surface area contributed by atoms with E-state index in [0.717, 1.165) is 18.3 Å². The number of nitrogens with zero attached hydrogens (tertiary/aromatic N) is 2. The fraction of sp³-hybridized carbons (Fsp3) is 0.462. The van der Waals surface area contributed by atoms with E-state index in [0.29, 0.717) is 0 Å². The molecule has 0 saturated heterocycles. The smallest absolute Gasteiger partial charge is 0.416 e. The maximum atomic E-state index is 12.5. The van der Waals surface area contributed by atoms with Gasteiger partial charge in [0.1, 0.15) is 0 Å². The summed E-state index contributed by atoms with van der Waals surface area (Å²) in [5.74, 6) is -1.02. The van der Waals surface area contributed by atoms with Gasteiger partial charge in [-0.2, -0.15) is 13.2 Å². The number of carboxylic acid groups (broad SMARTS) is 1. The van der Waals surface area contributed by atoms with Gasteiger partial charge in [0.2, 0.25) is 0 Å². The Morgan fingerprint density at radius 2 is 2.09 bits per heavy atom. The molecule has 0 fully saturated rings. The molecule has 0 atom stereocenters. The molecule has 1 aromatic rings. The molecule has 0 aliphatic heterocycles. The van der Waals surface area contributed by atoms with Gasteiger partial charge >= 0.3 is 18.2 Å². The topological polar surface area (TPSA) is 82.5 Å². The molecule has 9 heteroatoms. The number of hydrogen-bond acceptors (Lipinski definition) is 3. The molecule has 0 unspecified atom stereocenters. The number of halogens is 3. The maximum absolute atomic E-state index is 12.5. The van der Waals surface area contributed by atoms with E-state index < -0.39 is 23.7 Å². The number of nitrogens with one attached hydrogen (secondary N) is 1. The minimum Gasteiger partial charge on any atom is -0.481 e. The molecule has 22 heavy (non-hydrogen) atoms. The molecular weight excluding hydrogens is 303 g/mol. The molecule has 2 N–H and O–H groups in total. The Kier molecular flexibility index (Phi) is 6.14. The Labute approximate surface area is 124 Å². The van der Waals surface area contributed by atoms with E-state index in [1.807, 2.05) is 0 Å². The Hall–Kier alpha value is -2.32. The standard InChI is InChI=1S/C13H16F3N3O3/c1-19(7-4-11(20)21)12(22)18-6-3-10-8-9(2-5-17-10)13(14,15)16/h2,5,8H,3-4,6-7H2,1H3,(H,18,22)(H,20,21). The Morgan fingerprint density at radius 3 is 2.68 bits per heavy atom. The van der Waals surface area contributed by atoms with E-state index >= 15 is 0 Å². The molecule has 6 nitrogen and oxygen atoms in total. The number of hydrogen-bond donors (Lipinski definition) is 2. The van der Waals surface area contributed by atoms with Crippen molar-refractivity contribution in [2.24, 2.45) is 0 Å². The third-order valence-electron chi connectivity index (χ3n) is 2.81. The van der Waals surface area contributed by atoms with Crippen molar-refractivity contribution in [3.8, 4) is 0 Å². The van der Waals surface area contributed by atoms with Crippen LogP contribution in [0.1, 0.15) is 17.7 Å². The van der Waals surface area contributed by atoms with Crippen LogP contribution in [0.25, 0.3) is 0 Å². The van der Waals surface area contributed by atoms with E-state index in [1.165, 1.54) is 11.9 Å². The number of pyridine rings is 1. The molecule has 0 aromatic carbocycles. The zero-order chi connectivity index (χ0) is 16.8. The third-order valence-corrected chi connectivity index (χ3v) is 2.81. The van der Waals surface area contributed by atoms with E-state index in [9.17, 15) is 22.8 Å². The van der Waals surface area contributed by atoms with Gasteiger partial charge < -0.3 is 15.3 Å². The van der Waals surface area contributed by atoms with Gasteiger partial charge in [-0.1, -0.05) is 0 Å². The lowest BCUT2D eigenvalue weighted by Crippen LogP contribution is -2.39. The number of rotatable bonds is 6. The van der Waals surface area contributed by atoms with Gasteiger partial charge in [-0.25, -0.2) is 4.79 Å². The fourth-order valence-corrected chi connectivity index (χ4v) is 1.59. The average Bonchev–Trinajstić information content (AvgIpc) is 2.44. The minimum atomic E-state index is -4.43. The first-order valence-electron chi connectivity index (χ1n) is 6.43. The Morgan fingerprint density at radius 1 is 1.41 bits per heavy atom. The fourth-order valence-electron chi connectivity index (χ4n) is 1.59. The maximum Gasteiger partial charge on any atom is 0.416 e. The summed E-state index contributed by atoms with van der Waals surface area (Å²) >= 11 is 0. The summed E-state index contributed by atoms with van der Waals surface area (Å²) < 4.78 is 37.6. The number of aromatic nitrogens is 1. The zero-order valence-electron chi connectivity index (χ0n) is 11.9. The van der Waals surface area contributed by atoms with E-state index in [1.54, 1.807) is 0 Å². The molecule has 2 amide bonds. The summed E-state index contributed by atoms with van der Waals surface area (Å²) in [6, 6.07) is 1.32. The van der Waals surface area contributed by atoms with Crippen LogP contribution in [0.15, 0.2) is 18.3 Å². The largest absolute Gasteiger partial charge is 0.481 e. The van der Waals surface area contributed by atoms with E-state index in [4.69, 9.17) is 5.11 Å². The lowest BCUT2D eigenvalue weighted by molar-refractivity contribution is -0.138. The highest BCUT2D eigenvalue weighted by Gasteiger charge is 2.30. The molecule has 1 heterocycles. The highest BCUT2D eigenvalue weighted by molar-refractivity contribution is 5.74. The second kappa shape index (κ2) is 7.62. The zero-order valence-corrected chi connectivity index (χ0v) is 11.9. The predicted octanol–water partition coefficient (Wildman–Crippen LogP) is 1.76. The molecule has 0 saturated carbocycles. The van der Waals surface area contributed by atoms with Gasteiger partial charge in [-0.15, -0.1) is 0 Å². The van der Waals surface area contributed by atoms with Crippen molar-refractivity contribution in [1.82, 2.24) is 15.2 Å². The van der Waals surface area contributed by atoms with Crippen molar-refractivity contribution < 1.29 is 27.9 Å². The van der Waals surface area contributed by atoms with Gasteiger partial charge in [0.15, 0.2) is 0 Å². The molecule has 0 bridgehead atoms. The van der Waals surface area contributed by atoms with Crippen molar-refractivity contribution in [3.05, 3.63) is 29.6 Å². The molecule has 1 rings (SSSR count). The highest BCUT2D eigenvalue weighted by Crippen LogP contribution is 2.28. The summed E-state index contributed by atoms with van der Waals surface area (Å²) in [7, 11) is 1.43. The summed E-state index contributed by atoms with van der Waals surface area (Å²) in [4.78, 5) is 27.0. The minimum absolute atomic E-state index is 0.0446. The highest BCUT2D eigenvalue weighted by atomic mass is 19.4. The molecular formula is C13H16F3N3O3. The molecule has 0 spiro atoms. The molecule has 1 aromatic heterocycles. The summed E-state index contributed by atoms with van der Waals surface area (Å²) in [6.45, 7) is 0.146. The number of urea groups is 1. The van der Waals surface area contributed by atoms with Crippen LogP contribution >= 0.6 is 0 Å². The number of amides is 2. The lowest BCUT2D eigenvalue weighted by atomic mass is 10.2. The number of carboxylic acids is 1. The SMILES string of the molecule is CN(CCC(=O)O)C(=O)NCCc1cc(C(F)(F)F)ccn1. The predicted molar refractivity (Wildman–Crippen MR) is 71.2 cm³/mol. The van der Waals surface area contributed by atoms with Crippen LogP contribution in [0.5, 0.6) is 0 Å². The number of carbonyl (C=O) groups is 2. The summed E-state index contributed by atoms with van der Waals surface area (Å²) in [5, 5.41) is 11.0. The Bertz CT molecular complexity index is 535. The first-order valence-corrected chi connectivity index (χ1v) is 6.43. The quantitative estimate of drug-likeness (QED) is 0.837. The van der Waals surface area contributed by atoms with Crippen LogP contribution in [0, 0.1) is 0 Å². The Balaban J connectivity index is 2.44. The van der Waals surface area contributed by atoms with Crippen LogP contribution in [0.3, 0.4) is 0 Å². The molecule has 0 radical (unpaired) electrons. The first kappa shape index (κ1) is 17.7.